The third kappa shape index (κ3) is 7.77. The number of carbonyl (C=O) groups is 1. The van der Waals surface area contributed by atoms with E-state index in [1.54, 1.807) is 0 Å². The maximum Gasteiger partial charge on any atom is 0.319 e. The molecule has 0 unspecified atom stereocenters. The van der Waals surface area contributed by atoms with Crippen LogP contribution in [0, 0.1) is 5.92 Å². The highest BCUT2D eigenvalue weighted by molar-refractivity contribution is 5.89. The van der Waals surface area contributed by atoms with Gasteiger partial charge in [0.2, 0.25) is 0 Å². The lowest BCUT2D eigenvalue weighted by atomic mass is 10.0. The average molecular weight is 338 g/mol. The largest absolute Gasteiger partial charge is 0.394 e. The van der Waals surface area contributed by atoms with Gasteiger partial charge in [-0.1, -0.05) is 32.4 Å². The van der Waals surface area contributed by atoms with E-state index in [0.717, 1.165) is 12.0 Å². The standard InChI is InChI=1S/C18H30N2O4/c1-4-14(3)17(12-21)20-18(22)19-16-8-6-7-15(11-16)13-24-10-9-23-5-2/h6-8,11,14,17,21H,4-5,9-10,12-13H2,1-3H3,(H2,19,20,22)/t14-,17-/m0/s1. The molecule has 0 spiro atoms. The maximum absolute atomic E-state index is 12.1. The third-order valence-corrected chi connectivity index (χ3v) is 3.87. The van der Waals surface area contributed by atoms with Crippen molar-refractivity contribution in [3.05, 3.63) is 29.8 Å². The average Bonchev–Trinajstić information content (AvgIpc) is 2.59. The zero-order valence-corrected chi connectivity index (χ0v) is 14.9. The van der Waals surface area contributed by atoms with E-state index in [1.807, 2.05) is 45.0 Å². The van der Waals surface area contributed by atoms with Gasteiger partial charge in [0.25, 0.3) is 0 Å². The lowest BCUT2D eigenvalue weighted by Gasteiger charge is -2.22. The molecule has 0 aliphatic rings. The molecule has 0 aromatic heterocycles. The van der Waals surface area contributed by atoms with Crippen LogP contribution in [-0.2, 0) is 16.1 Å². The van der Waals surface area contributed by atoms with Crippen molar-refractivity contribution in [2.24, 2.45) is 5.92 Å². The van der Waals surface area contributed by atoms with Crippen LogP contribution >= 0.6 is 0 Å². The lowest BCUT2D eigenvalue weighted by Crippen LogP contribution is -2.43. The molecule has 1 aromatic rings. The second-order valence-electron chi connectivity index (χ2n) is 5.72. The van der Waals surface area contributed by atoms with Gasteiger partial charge in [0, 0.05) is 12.3 Å². The molecular formula is C18H30N2O4. The molecule has 6 nitrogen and oxygen atoms in total. The zero-order chi connectivity index (χ0) is 17.8. The van der Waals surface area contributed by atoms with Crippen molar-refractivity contribution < 1.29 is 19.4 Å². The van der Waals surface area contributed by atoms with Crippen LogP contribution in [0.15, 0.2) is 24.3 Å². The molecule has 6 heteroatoms. The molecule has 0 bridgehead atoms. The summed E-state index contributed by atoms with van der Waals surface area (Å²) >= 11 is 0. The first-order valence-corrected chi connectivity index (χ1v) is 8.53. The number of anilines is 1. The predicted molar refractivity (Wildman–Crippen MR) is 95.1 cm³/mol. The van der Waals surface area contributed by atoms with Crippen molar-refractivity contribution in [1.82, 2.24) is 5.32 Å². The SMILES string of the molecule is CCOCCOCc1cccc(NC(=O)N[C@@H](CO)[C@@H](C)CC)c1. The number of amides is 2. The summed E-state index contributed by atoms with van der Waals surface area (Å²) in [5.74, 6) is 0.214. The van der Waals surface area contributed by atoms with Gasteiger partial charge in [-0.15, -0.1) is 0 Å². The van der Waals surface area contributed by atoms with Gasteiger partial charge in [0.1, 0.15) is 0 Å². The lowest BCUT2D eigenvalue weighted by molar-refractivity contribution is 0.0453. The van der Waals surface area contributed by atoms with E-state index in [0.29, 0.717) is 32.1 Å². The fourth-order valence-electron chi connectivity index (χ4n) is 2.18. The summed E-state index contributed by atoms with van der Waals surface area (Å²) in [7, 11) is 0. The van der Waals surface area contributed by atoms with Crippen LogP contribution in [0.3, 0.4) is 0 Å². The highest BCUT2D eigenvalue weighted by Gasteiger charge is 2.17. The first kappa shape index (κ1) is 20.4. The van der Waals surface area contributed by atoms with E-state index in [2.05, 4.69) is 10.6 Å². The van der Waals surface area contributed by atoms with Crippen LogP contribution in [0.5, 0.6) is 0 Å². The van der Waals surface area contributed by atoms with Crippen LogP contribution in [-0.4, -0.2) is 43.6 Å². The number of aliphatic hydroxyl groups excluding tert-OH is 1. The molecule has 2 atom stereocenters. The fraction of sp³-hybridized carbons (Fsp3) is 0.611. The van der Waals surface area contributed by atoms with Crippen molar-refractivity contribution in [3.63, 3.8) is 0 Å². The summed E-state index contributed by atoms with van der Waals surface area (Å²) in [6.07, 6.45) is 0.889. The van der Waals surface area contributed by atoms with E-state index in [-0.39, 0.29) is 24.6 Å². The number of hydrogen-bond donors (Lipinski definition) is 3. The van der Waals surface area contributed by atoms with Crippen molar-refractivity contribution in [1.29, 1.82) is 0 Å². The molecule has 0 fully saturated rings. The molecule has 0 aliphatic heterocycles. The fourth-order valence-corrected chi connectivity index (χ4v) is 2.18. The van der Waals surface area contributed by atoms with E-state index < -0.39 is 0 Å². The quantitative estimate of drug-likeness (QED) is 0.542. The molecule has 0 saturated carbocycles. The molecule has 1 rings (SSSR count). The van der Waals surface area contributed by atoms with E-state index in [4.69, 9.17) is 9.47 Å². The zero-order valence-electron chi connectivity index (χ0n) is 14.9. The third-order valence-electron chi connectivity index (χ3n) is 3.87. The Labute approximate surface area is 144 Å². The molecule has 1 aromatic carbocycles. The number of ether oxygens (including phenoxy) is 2. The summed E-state index contributed by atoms with van der Waals surface area (Å²) in [6, 6.07) is 6.94. The minimum atomic E-state index is -0.316. The number of carbonyl (C=O) groups excluding carboxylic acids is 1. The normalized spacial score (nSPS) is 13.3. The van der Waals surface area contributed by atoms with Gasteiger partial charge in [-0.3, -0.25) is 0 Å². The minimum absolute atomic E-state index is 0.0733. The second-order valence-corrected chi connectivity index (χ2v) is 5.72. The van der Waals surface area contributed by atoms with Gasteiger partial charge in [-0.2, -0.15) is 0 Å². The molecule has 0 saturated heterocycles. The Bertz CT molecular complexity index is 482. The second kappa shape index (κ2) is 11.8. The van der Waals surface area contributed by atoms with Crippen LogP contribution in [0.4, 0.5) is 10.5 Å². The van der Waals surface area contributed by atoms with E-state index >= 15 is 0 Å². The molecule has 3 N–H and O–H groups in total. The van der Waals surface area contributed by atoms with Gasteiger partial charge >= 0.3 is 6.03 Å². The van der Waals surface area contributed by atoms with Crippen molar-refractivity contribution in [3.8, 4) is 0 Å². The van der Waals surface area contributed by atoms with Crippen molar-refractivity contribution in [2.75, 3.05) is 31.7 Å². The van der Waals surface area contributed by atoms with Crippen molar-refractivity contribution >= 4 is 11.7 Å². The summed E-state index contributed by atoms with van der Waals surface area (Å²) in [5, 5.41) is 15.0. The maximum atomic E-state index is 12.1. The topological polar surface area (TPSA) is 79.8 Å². The van der Waals surface area contributed by atoms with Gasteiger partial charge in [0.15, 0.2) is 0 Å². The smallest absolute Gasteiger partial charge is 0.319 e. The molecule has 0 heterocycles. The number of nitrogens with one attached hydrogen (secondary N) is 2. The Balaban J connectivity index is 2.46. The molecule has 24 heavy (non-hydrogen) atoms. The van der Waals surface area contributed by atoms with Gasteiger partial charge in [0.05, 0.1) is 32.5 Å². The highest BCUT2D eigenvalue weighted by Crippen LogP contribution is 2.12. The number of benzene rings is 1. The Morgan fingerprint density at radius 3 is 2.67 bits per heavy atom. The Morgan fingerprint density at radius 1 is 1.25 bits per heavy atom. The first-order chi connectivity index (χ1) is 11.6. The number of hydrogen-bond acceptors (Lipinski definition) is 4. The minimum Gasteiger partial charge on any atom is -0.394 e. The van der Waals surface area contributed by atoms with Crippen molar-refractivity contribution in [2.45, 2.75) is 39.8 Å². The molecule has 0 radical (unpaired) electrons. The number of rotatable bonds is 11. The number of aliphatic hydroxyl groups is 1. The molecule has 136 valence electrons. The van der Waals surface area contributed by atoms with Crippen LogP contribution in [0.25, 0.3) is 0 Å². The Hall–Kier alpha value is -1.63. The van der Waals surface area contributed by atoms with E-state index in [9.17, 15) is 9.90 Å². The molecule has 0 aliphatic carbocycles. The summed E-state index contributed by atoms with van der Waals surface area (Å²) in [5.41, 5.74) is 1.67. The monoisotopic (exact) mass is 338 g/mol. The number of urea groups is 1. The predicted octanol–water partition coefficient (Wildman–Crippen LogP) is 2.77. The molecule has 2 amide bonds. The summed E-state index contributed by atoms with van der Waals surface area (Å²) in [4.78, 5) is 12.1. The Kier molecular flexibility index (Phi) is 10.1. The van der Waals surface area contributed by atoms with Gasteiger partial charge < -0.3 is 25.2 Å². The molecular weight excluding hydrogens is 308 g/mol. The van der Waals surface area contributed by atoms with Gasteiger partial charge in [-0.25, -0.2) is 4.79 Å². The Morgan fingerprint density at radius 2 is 2.00 bits per heavy atom. The van der Waals surface area contributed by atoms with E-state index in [1.165, 1.54) is 0 Å². The summed E-state index contributed by atoms with van der Waals surface area (Å²) < 4.78 is 10.7. The van der Waals surface area contributed by atoms with Gasteiger partial charge in [-0.05, 0) is 30.5 Å². The summed E-state index contributed by atoms with van der Waals surface area (Å²) in [6.45, 7) is 8.18. The van der Waals surface area contributed by atoms with Crippen LogP contribution < -0.4 is 10.6 Å². The van der Waals surface area contributed by atoms with Crippen LogP contribution in [0.1, 0.15) is 32.8 Å². The van der Waals surface area contributed by atoms with Crippen LogP contribution in [0.2, 0.25) is 0 Å². The first-order valence-electron chi connectivity index (χ1n) is 8.53. The highest BCUT2D eigenvalue weighted by atomic mass is 16.5.